The van der Waals surface area contributed by atoms with E-state index in [1.807, 2.05) is 0 Å². The van der Waals surface area contributed by atoms with Crippen LogP contribution in [-0.2, 0) is 0 Å². The quantitative estimate of drug-likeness (QED) is 0.825. The molecule has 88 valence electrons. The van der Waals surface area contributed by atoms with Gasteiger partial charge in [-0.3, -0.25) is 0 Å². The number of aromatic nitrogens is 1. The van der Waals surface area contributed by atoms with Crippen LogP contribution >= 0.6 is 27.5 Å². The van der Waals surface area contributed by atoms with Crippen molar-refractivity contribution in [2.75, 3.05) is 11.1 Å². The van der Waals surface area contributed by atoms with Gasteiger partial charge in [-0.25, -0.2) is 9.37 Å². The van der Waals surface area contributed by atoms with Gasteiger partial charge in [0.25, 0.3) is 0 Å². The first-order chi connectivity index (χ1) is 8.04. The van der Waals surface area contributed by atoms with E-state index in [0.717, 1.165) is 0 Å². The van der Waals surface area contributed by atoms with Crippen molar-refractivity contribution in [2.45, 2.75) is 0 Å². The van der Waals surface area contributed by atoms with Gasteiger partial charge in [-0.1, -0.05) is 11.6 Å². The van der Waals surface area contributed by atoms with Crippen molar-refractivity contribution in [2.24, 2.45) is 0 Å². The Bertz CT molecular complexity index is 542. The molecular formula is C11H8BrClFN3. The Morgan fingerprint density at radius 2 is 2.06 bits per heavy atom. The number of pyridine rings is 1. The number of anilines is 3. The number of benzene rings is 1. The maximum Gasteiger partial charge on any atom is 0.134 e. The molecule has 6 heteroatoms. The maximum absolute atomic E-state index is 12.9. The van der Waals surface area contributed by atoms with Crippen LogP contribution in [0.25, 0.3) is 0 Å². The van der Waals surface area contributed by atoms with Crippen LogP contribution in [-0.4, -0.2) is 4.98 Å². The Hall–Kier alpha value is -1.33. The van der Waals surface area contributed by atoms with E-state index in [1.165, 1.54) is 12.1 Å². The van der Waals surface area contributed by atoms with E-state index in [4.69, 9.17) is 17.3 Å². The fourth-order valence-electron chi connectivity index (χ4n) is 1.31. The zero-order valence-corrected chi connectivity index (χ0v) is 10.9. The SMILES string of the molecule is Nc1cc(Cl)nc(Nc2ccc(F)cc2Br)c1. The Kier molecular flexibility index (Phi) is 3.49. The molecule has 1 heterocycles. The number of hydrogen-bond donors (Lipinski definition) is 2. The van der Waals surface area contributed by atoms with Crippen LogP contribution in [0.1, 0.15) is 0 Å². The highest BCUT2D eigenvalue weighted by Crippen LogP contribution is 2.27. The standard InChI is InChI=1S/C11H8BrClFN3/c12-8-3-6(14)1-2-9(8)16-11-5-7(15)4-10(13)17-11/h1-5H,(H3,15,16,17). The van der Waals surface area contributed by atoms with Gasteiger partial charge in [-0.05, 0) is 40.2 Å². The molecule has 0 spiro atoms. The second-order valence-electron chi connectivity index (χ2n) is 3.36. The molecule has 0 aliphatic rings. The van der Waals surface area contributed by atoms with Crippen molar-refractivity contribution in [1.82, 2.24) is 4.98 Å². The topological polar surface area (TPSA) is 50.9 Å². The minimum atomic E-state index is -0.319. The Morgan fingerprint density at radius 3 is 2.71 bits per heavy atom. The van der Waals surface area contributed by atoms with Gasteiger partial charge < -0.3 is 11.1 Å². The predicted molar refractivity (Wildman–Crippen MR) is 71.0 cm³/mol. The summed E-state index contributed by atoms with van der Waals surface area (Å²) in [7, 11) is 0. The summed E-state index contributed by atoms with van der Waals surface area (Å²) in [5, 5.41) is 3.29. The van der Waals surface area contributed by atoms with E-state index in [1.54, 1.807) is 18.2 Å². The van der Waals surface area contributed by atoms with E-state index in [9.17, 15) is 4.39 Å². The van der Waals surface area contributed by atoms with Crippen LogP contribution in [0.4, 0.5) is 21.6 Å². The summed E-state index contributed by atoms with van der Waals surface area (Å²) in [5.41, 5.74) is 6.83. The third-order valence-electron chi connectivity index (χ3n) is 2.01. The first kappa shape index (κ1) is 12.1. The summed E-state index contributed by atoms with van der Waals surface area (Å²) >= 11 is 9.03. The first-order valence-electron chi connectivity index (χ1n) is 4.70. The van der Waals surface area contributed by atoms with Crippen LogP contribution in [0, 0.1) is 5.82 Å². The lowest BCUT2D eigenvalue weighted by Gasteiger charge is -2.08. The first-order valence-corrected chi connectivity index (χ1v) is 5.87. The van der Waals surface area contributed by atoms with Crippen molar-refractivity contribution < 1.29 is 4.39 Å². The molecule has 2 aromatic rings. The lowest BCUT2D eigenvalue weighted by molar-refractivity contribution is 0.627. The van der Waals surface area contributed by atoms with Gasteiger partial charge in [0.2, 0.25) is 0 Å². The number of hydrogen-bond acceptors (Lipinski definition) is 3. The molecule has 0 radical (unpaired) electrons. The molecule has 1 aromatic heterocycles. The minimum Gasteiger partial charge on any atom is -0.399 e. The monoisotopic (exact) mass is 315 g/mol. The van der Waals surface area contributed by atoms with Gasteiger partial charge >= 0.3 is 0 Å². The fourth-order valence-corrected chi connectivity index (χ4v) is 1.98. The lowest BCUT2D eigenvalue weighted by atomic mass is 10.3. The van der Waals surface area contributed by atoms with E-state index in [-0.39, 0.29) is 5.82 Å². The smallest absolute Gasteiger partial charge is 0.134 e. The van der Waals surface area contributed by atoms with Crippen molar-refractivity contribution in [3.05, 3.63) is 45.8 Å². The molecule has 3 N–H and O–H groups in total. The van der Waals surface area contributed by atoms with Crippen LogP contribution < -0.4 is 11.1 Å². The Balaban J connectivity index is 2.31. The number of nitrogens with one attached hydrogen (secondary N) is 1. The van der Waals surface area contributed by atoms with E-state index < -0.39 is 0 Å². The van der Waals surface area contributed by atoms with E-state index >= 15 is 0 Å². The molecule has 17 heavy (non-hydrogen) atoms. The largest absolute Gasteiger partial charge is 0.399 e. The van der Waals surface area contributed by atoms with E-state index in [2.05, 4.69) is 26.2 Å². The highest BCUT2D eigenvalue weighted by molar-refractivity contribution is 9.10. The highest BCUT2D eigenvalue weighted by Gasteiger charge is 2.04. The number of nitrogens with two attached hydrogens (primary N) is 1. The average molecular weight is 317 g/mol. The molecule has 0 fully saturated rings. The summed E-state index contributed by atoms with van der Waals surface area (Å²) in [5.74, 6) is 0.184. The third-order valence-corrected chi connectivity index (χ3v) is 2.86. The molecule has 0 atom stereocenters. The van der Waals surface area contributed by atoms with Crippen molar-refractivity contribution in [3.8, 4) is 0 Å². The van der Waals surface area contributed by atoms with Gasteiger partial charge in [0.1, 0.15) is 16.8 Å². The Labute approximate surface area is 111 Å². The summed E-state index contributed by atoms with van der Waals surface area (Å²) in [4.78, 5) is 4.05. The summed E-state index contributed by atoms with van der Waals surface area (Å²) in [6, 6.07) is 7.49. The Morgan fingerprint density at radius 1 is 1.29 bits per heavy atom. The summed E-state index contributed by atoms with van der Waals surface area (Å²) < 4.78 is 13.5. The fraction of sp³-hybridized carbons (Fsp3) is 0. The van der Waals surface area contributed by atoms with Crippen molar-refractivity contribution >= 4 is 44.7 Å². The normalized spacial score (nSPS) is 10.3. The number of nitrogens with zero attached hydrogens (tertiary/aromatic N) is 1. The molecular weight excluding hydrogens is 308 g/mol. The molecule has 0 unspecified atom stereocenters. The summed E-state index contributed by atoms with van der Waals surface area (Å²) in [6.45, 7) is 0. The van der Waals surface area contributed by atoms with Crippen molar-refractivity contribution in [1.29, 1.82) is 0 Å². The molecule has 0 aliphatic carbocycles. The highest BCUT2D eigenvalue weighted by atomic mass is 79.9. The second-order valence-corrected chi connectivity index (χ2v) is 4.60. The summed E-state index contributed by atoms with van der Waals surface area (Å²) in [6.07, 6.45) is 0. The number of nitrogen functional groups attached to an aromatic ring is 1. The zero-order chi connectivity index (χ0) is 12.4. The van der Waals surface area contributed by atoms with E-state index in [0.29, 0.717) is 26.8 Å². The molecule has 0 saturated heterocycles. The second kappa shape index (κ2) is 4.89. The molecule has 0 aliphatic heterocycles. The molecule has 3 nitrogen and oxygen atoms in total. The number of rotatable bonds is 2. The maximum atomic E-state index is 12.9. The minimum absolute atomic E-state index is 0.297. The molecule has 1 aromatic carbocycles. The number of halogens is 3. The van der Waals surface area contributed by atoms with Gasteiger partial charge in [-0.15, -0.1) is 0 Å². The van der Waals surface area contributed by atoms with Gasteiger partial charge in [-0.2, -0.15) is 0 Å². The molecule has 0 bridgehead atoms. The van der Waals surface area contributed by atoms with Crippen LogP contribution in [0.3, 0.4) is 0 Å². The molecule has 0 saturated carbocycles. The van der Waals surface area contributed by atoms with Crippen molar-refractivity contribution in [3.63, 3.8) is 0 Å². The molecule has 2 rings (SSSR count). The third kappa shape index (κ3) is 3.08. The predicted octanol–water partition coefficient (Wildman–Crippen LogP) is 3.96. The zero-order valence-electron chi connectivity index (χ0n) is 8.55. The van der Waals surface area contributed by atoms with Gasteiger partial charge in [0, 0.05) is 16.2 Å². The average Bonchev–Trinajstić information content (AvgIpc) is 2.21. The van der Waals surface area contributed by atoms with Gasteiger partial charge in [0.05, 0.1) is 5.69 Å². The van der Waals surface area contributed by atoms with Crippen LogP contribution in [0.2, 0.25) is 5.15 Å². The lowest BCUT2D eigenvalue weighted by Crippen LogP contribution is -1.97. The van der Waals surface area contributed by atoms with Crippen LogP contribution in [0.5, 0.6) is 0 Å². The van der Waals surface area contributed by atoms with Crippen LogP contribution in [0.15, 0.2) is 34.8 Å². The van der Waals surface area contributed by atoms with Gasteiger partial charge in [0.15, 0.2) is 0 Å². The molecule has 0 amide bonds.